The van der Waals surface area contributed by atoms with Crippen LogP contribution in [-0.4, -0.2) is 43.0 Å². The van der Waals surface area contributed by atoms with E-state index in [0.29, 0.717) is 19.1 Å². The van der Waals surface area contributed by atoms with E-state index < -0.39 is 0 Å². The molecule has 0 saturated carbocycles. The summed E-state index contributed by atoms with van der Waals surface area (Å²) in [5, 5.41) is 8.31. The molecule has 0 radical (unpaired) electrons. The molecule has 1 fully saturated rings. The molecule has 102 valence electrons. The lowest BCUT2D eigenvalue weighted by Gasteiger charge is -2.33. The minimum absolute atomic E-state index is 0. The van der Waals surface area contributed by atoms with Gasteiger partial charge in [-0.2, -0.15) is 0 Å². The van der Waals surface area contributed by atoms with Crippen molar-refractivity contribution >= 4 is 29.7 Å². The van der Waals surface area contributed by atoms with E-state index in [0.717, 1.165) is 19.6 Å². The van der Waals surface area contributed by atoms with Crippen LogP contribution in [0.4, 0.5) is 0 Å². The van der Waals surface area contributed by atoms with Gasteiger partial charge in [0, 0.05) is 30.6 Å². The quantitative estimate of drug-likeness (QED) is 0.872. The topological polar surface area (TPSA) is 44.4 Å². The van der Waals surface area contributed by atoms with Gasteiger partial charge in [0.15, 0.2) is 0 Å². The molecule has 0 aliphatic carbocycles. The summed E-state index contributed by atoms with van der Waals surface area (Å²) >= 11 is 1.67. The van der Waals surface area contributed by atoms with E-state index in [4.69, 9.17) is 0 Å². The molecular formula is C12H20ClN3OS. The second-order valence-electron chi connectivity index (χ2n) is 4.38. The van der Waals surface area contributed by atoms with E-state index in [1.807, 2.05) is 17.5 Å². The molecule has 2 heterocycles. The van der Waals surface area contributed by atoms with Gasteiger partial charge in [0.25, 0.3) is 0 Å². The first-order valence-corrected chi connectivity index (χ1v) is 6.87. The molecule has 1 unspecified atom stereocenters. The second kappa shape index (κ2) is 7.74. The molecular weight excluding hydrogens is 270 g/mol. The van der Waals surface area contributed by atoms with Crippen molar-refractivity contribution in [2.24, 2.45) is 0 Å². The van der Waals surface area contributed by atoms with Crippen LogP contribution in [0, 0.1) is 0 Å². The number of piperazine rings is 1. The van der Waals surface area contributed by atoms with Crippen molar-refractivity contribution in [3.63, 3.8) is 0 Å². The molecule has 18 heavy (non-hydrogen) atoms. The van der Waals surface area contributed by atoms with E-state index in [9.17, 15) is 4.79 Å². The Bertz CT molecular complexity index is 358. The van der Waals surface area contributed by atoms with Crippen LogP contribution in [-0.2, 0) is 11.3 Å². The molecule has 1 amide bonds. The number of nitrogens with zero attached hydrogens (tertiary/aromatic N) is 1. The number of carbonyl (C=O) groups excluding carboxylic acids is 1. The van der Waals surface area contributed by atoms with Crippen LogP contribution in [0.5, 0.6) is 0 Å². The molecule has 1 aliphatic rings. The van der Waals surface area contributed by atoms with Gasteiger partial charge in [0.1, 0.15) is 0 Å². The summed E-state index contributed by atoms with van der Waals surface area (Å²) in [6.45, 7) is 6.21. The Hall–Kier alpha value is -0.620. The van der Waals surface area contributed by atoms with Crippen molar-refractivity contribution < 1.29 is 4.79 Å². The van der Waals surface area contributed by atoms with Crippen molar-refractivity contribution in [3.05, 3.63) is 22.4 Å². The molecule has 1 aromatic rings. The Morgan fingerprint density at radius 3 is 3.17 bits per heavy atom. The summed E-state index contributed by atoms with van der Waals surface area (Å²) in [6, 6.07) is 4.49. The predicted molar refractivity (Wildman–Crippen MR) is 77.3 cm³/mol. The molecule has 1 aliphatic heterocycles. The zero-order valence-electron chi connectivity index (χ0n) is 10.5. The zero-order chi connectivity index (χ0) is 12.1. The van der Waals surface area contributed by atoms with Gasteiger partial charge in [-0.1, -0.05) is 6.07 Å². The SMILES string of the molecule is CC1CNCCN1CC(=O)NCc1cccs1.Cl. The van der Waals surface area contributed by atoms with Crippen molar-refractivity contribution in [2.45, 2.75) is 19.5 Å². The normalized spacial score (nSPS) is 20.2. The van der Waals surface area contributed by atoms with Gasteiger partial charge in [0.2, 0.25) is 5.91 Å². The number of nitrogens with one attached hydrogen (secondary N) is 2. The molecule has 2 N–H and O–H groups in total. The number of carbonyl (C=O) groups is 1. The van der Waals surface area contributed by atoms with Crippen molar-refractivity contribution in [3.8, 4) is 0 Å². The Labute approximate surface area is 118 Å². The van der Waals surface area contributed by atoms with Gasteiger partial charge < -0.3 is 10.6 Å². The summed E-state index contributed by atoms with van der Waals surface area (Å²) in [5.41, 5.74) is 0. The highest BCUT2D eigenvalue weighted by Crippen LogP contribution is 2.07. The fourth-order valence-electron chi connectivity index (χ4n) is 1.96. The maximum absolute atomic E-state index is 11.8. The van der Waals surface area contributed by atoms with Crippen LogP contribution in [0.25, 0.3) is 0 Å². The van der Waals surface area contributed by atoms with Crippen molar-refractivity contribution in [1.29, 1.82) is 0 Å². The number of thiophene rings is 1. The maximum atomic E-state index is 11.8. The highest BCUT2D eigenvalue weighted by molar-refractivity contribution is 7.09. The molecule has 1 atom stereocenters. The molecule has 4 nitrogen and oxygen atoms in total. The lowest BCUT2D eigenvalue weighted by atomic mass is 10.2. The van der Waals surface area contributed by atoms with E-state index in [2.05, 4.69) is 22.5 Å². The van der Waals surface area contributed by atoms with Crippen LogP contribution in [0.2, 0.25) is 0 Å². The van der Waals surface area contributed by atoms with Gasteiger partial charge in [0.05, 0.1) is 13.1 Å². The highest BCUT2D eigenvalue weighted by atomic mass is 35.5. The number of rotatable bonds is 4. The first-order valence-electron chi connectivity index (χ1n) is 5.99. The number of amides is 1. The molecule has 6 heteroatoms. The Balaban J connectivity index is 0.00000162. The fourth-order valence-corrected chi connectivity index (χ4v) is 2.60. The van der Waals surface area contributed by atoms with Gasteiger partial charge in [-0.05, 0) is 18.4 Å². The van der Waals surface area contributed by atoms with Gasteiger partial charge in [-0.3, -0.25) is 9.69 Å². The zero-order valence-corrected chi connectivity index (χ0v) is 12.1. The second-order valence-corrected chi connectivity index (χ2v) is 5.41. The molecule has 2 rings (SSSR count). The van der Waals surface area contributed by atoms with Gasteiger partial charge in [-0.15, -0.1) is 23.7 Å². The van der Waals surface area contributed by atoms with Crippen LogP contribution < -0.4 is 10.6 Å². The standard InChI is InChI=1S/C12H19N3OS.ClH/c1-10-7-13-4-5-15(10)9-12(16)14-8-11-3-2-6-17-11;/h2-3,6,10,13H,4-5,7-9H2,1H3,(H,14,16);1H. The molecule has 0 aromatic carbocycles. The number of hydrogen-bond donors (Lipinski definition) is 2. The molecule has 0 bridgehead atoms. The van der Waals surface area contributed by atoms with Gasteiger partial charge >= 0.3 is 0 Å². The molecule has 1 aromatic heterocycles. The number of hydrogen-bond acceptors (Lipinski definition) is 4. The third kappa shape index (κ3) is 4.57. The summed E-state index contributed by atoms with van der Waals surface area (Å²) in [4.78, 5) is 15.2. The smallest absolute Gasteiger partial charge is 0.234 e. The maximum Gasteiger partial charge on any atom is 0.234 e. The van der Waals surface area contributed by atoms with Gasteiger partial charge in [-0.25, -0.2) is 0 Å². The predicted octanol–water partition coefficient (Wildman–Crippen LogP) is 1.08. The third-order valence-corrected chi connectivity index (χ3v) is 3.90. The highest BCUT2D eigenvalue weighted by Gasteiger charge is 2.19. The lowest BCUT2D eigenvalue weighted by molar-refractivity contribution is -0.123. The van der Waals surface area contributed by atoms with E-state index in [1.54, 1.807) is 11.3 Å². The Kier molecular flexibility index (Phi) is 6.63. The average Bonchev–Trinajstić information content (AvgIpc) is 2.82. The lowest BCUT2D eigenvalue weighted by Crippen LogP contribution is -2.52. The largest absolute Gasteiger partial charge is 0.350 e. The monoisotopic (exact) mass is 289 g/mol. The minimum atomic E-state index is 0. The van der Waals surface area contributed by atoms with E-state index in [-0.39, 0.29) is 18.3 Å². The average molecular weight is 290 g/mol. The first kappa shape index (κ1) is 15.4. The minimum Gasteiger partial charge on any atom is -0.350 e. The van der Waals surface area contributed by atoms with E-state index in [1.165, 1.54) is 4.88 Å². The summed E-state index contributed by atoms with van der Waals surface area (Å²) < 4.78 is 0. The Morgan fingerprint density at radius 1 is 1.67 bits per heavy atom. The van der Waals surface area contributed by atoms with Crippen LogP contribution in [0.1, 0.15) is 11.8 Å². The van der Waals surface area contributed by atoms with Crippen LogP contribution in [0.15, 0.2) is 17.5 Å². The third-order valence-electron chi connectivity index (χ3n) is 3.03. The van der Waals surface area contributed by atoms with Crippen molar-refractivity contribution in [2.75, 3.05) is 26.2 Å². The fraction of sp³-hybridized carbons (Fsp3) is 0.583. The summed E-state index contributed by atoms with van der Waals surface area (Å²) in [7, 11) is 0. The van der Waals surface area contributed by atoms with Crippen LogP contribution in [0.3, 0.4) is 0 Å². The van der Waals surface area contributed by atoms with Crippen molar-refractivity contribution in [1.82, 2.24) is 15.5 Å². The summed E-state index contributed by atoms with van der Waals surface area (Å²) in [6.07, 6.45) is 0. The number of halogens is 1. The van der Waals surface area contributed by atoms with E-state index >= 15 is 0 Å². The van der Waals surface area contributed by atoms with Crippen LogP contribution >= 0.6 is 23.7 Å². The molecule has 1 saturated heterocycles. The molecule has 0 spiro atoms. The first-order chi connectivity index (χ1) is 8.25. The summed E-state index contributed by atoms with van der Waals surface area (Å²) in [5.74, 6) is 0.118. The Morgan fingerprint density at radius 2 is 2.50 bits per heavy atom.